The van der Waals surface area contributed by atoms with Crippen LogP contribution in [0.4, 0.5) is 0 Å². The van der Waals surface area contributed by atoms with Gasteiger partial charge in [0, 0.05) is 26.2 Å². The molecule has 0 radical (unpaired) electrons. The molecule has 0 saturated carbocycles. The van der Waals surface area contributed by atoms with Crippen LogP contribution < -0.4 is 16.4 Å². The van der Waals surface area contributed by atoms with Crippen LogP contribution in [-0.2, 0) is 14.4 Å². The number of amides is 3. The normalized spacial score (nSPS) is 30.0. The van der Waals surface area contributed by atoms with Crippen molar-refractivity contribution in [3.63, 3.8) is 0 Å². The van der Waals surface area contributed by atoms with E-state index in [-0.39, 0.29) is 35.7 Å². The molecule has 3 aliphatic rings. The van der Waals surface area contributed by atoms with E-state index in [1.807, 2.05) is 6.92 Å². The molecular formula is C20H35N5O3. The number of carbonyl (C=O) groups excluding carboxylic acids is 3. The Morgan fingerprint density at radius 3 is 2.61 bits per heavy atom. The number of nitrogens with zero attached hydrogens (tertiary/aromatic N) is 2. The first-order valence-electron chi connectivity index (χ1n) is 10.8. The second-order valence-corrected chi connectivity index (χ2v) is 8.60. The summed E-state index contributed by atoms with van der Waals surface area (Å²) in [4.78, 5) is 40.7. The third kappa shape index (κ3) is 5.23. The van der Waals surface area contributed by atoms with Crippen molar-refractivity contribution >= 4 is 17.7 Å². The Bertz CT molecular complexity index is 578. The molecule has 4 atom stereocenters. The Morgan fingerprint density at radius 2 is 1.89 bits per heavy atom. The highest BCUT2D eigenvalue weighted by atomic mass is 16.2. The molecule has 28 heavy (non-hydrogen) atoms. The summed E-state index contributed by atoms with van der Waals surface area (Å²) in [5, 5.41) is 6.32. The number of likely N-dealkylation sites (tertiary alicyclic amines) is 2. The fraction of sp³-hybridized carbons (Fsp3) is 0.850. The summed E-state index contributed by atoms with van der Waals surface area (Å²) in [7, 11) is 0. The molecule has 3 amide bonds. The Kier molecular flexibility index (Phi) is 7.29. The monoisotopic (exact) mass is 393 g/mol. The van der Waals surface area contributed by atoms with E-state index in [1.165, 1.54) is 0 Å². The maximum atomic E-state index is 13.0. The number of hydrogen-bond donors (Lipinski definition) is 3. The third-order valence-electron chi connectivity index (χ3n) is 6.53. The summed E-state index contributed by atoms with van der Waals surface area (Å²) in [5.74, 6) is 0.0264. The highest BCUT2D eigenvalue weighted by Crippen LogP contribution is 2.22. The van der Waals surface area contributed by atoms with Gasteiger partial charge in [-0.05, 0) is 64.5 Å². The molecule has 0 bridgehead atoms. The number of hydrogen-bond acceptors (Lipinski definition) is 5. The lowest BCUT2D eigenvalue weighted by atomic mass is 9.95. The quantitative estimate of drug-likeness (QED) is 0.573. The van der Waals surface area contributed by atoms with E-state index >= 15 is 0 Å². The molecule has 0 aromatic rings. The van der Waals surface area contributed by atoms with Gasteiger partial charge in [0.25, 0.3) is 0 Å². The van der Waals surface area contributed by atoms with E-state index in [0.29, 0.717) is 25.6 Å². The van der Waals surface area contributed by atoms with Crippen molar-refractivity contribution in [1.29, 1.82) is 0 Å². The van der Waals surface area contributed by atoms with Crippen molar-refractivity contribution in [2.24, 2.45) is 17.6 Å². The van der Waals surface area contributed by atoms with Gasteiger partial charge in [-0.2, -0.15) is 0 Å². The number of rotatable bonds is 6. The summed E-state index contributed by atoms with van der Waals surface area (Å²) >= 11 is 0. The van der Waals surface area contributed by atoms with Gasteiger partial charge >= 0.3 is 0 Å². The van der Waals surface area contributed by atoms with Gasteiger partial charge in [-0.15, -0.1) is 0 Å². The Labute approximate surface area is 167 Å². The summed E-state index contributed by atoms with van der Waals surface area (Å²) < 4.78 is 0. The minimum atomic E-state index is -0.310. The van der Waals surface area contributed by atoms with Crippen LogP contribution in [0.25, 0.3) is 0 Å². The van der Waals surface area contributed by atoms with Crippen molar-refractivity contribution in [2.45, 2.75) is 57.5 Å². The third-order valence-corrected chi connectivity index (χ3v) is 6.53. The predicted octanol–water partition coefficient (Wildman–Crippen LogP) is -0.321. The van der Waals surface area contributed by atoms with Crippen molar-refractivity contribution in [1.82, 2.24) is 20.4 Å². The lowest BCUT2D eigenvalue weighted by Crippen LogP contribution is -2.54. The molecule has 4 unspecified atom stereocenters. The van der Waals surface area contributed by atoms with Crippen LogP contribution >= 0.6 is 0 Å². The molecule has 0 aromatic carbocycles. The number of nitrogens with one attached hydrogen (secondary N) is 2. The van der Waals surface area contributed by atoms with E-state index in [9.17, 15) is 14.4 Å². The van der Waals surface area contributed by atoms with Gasteiger partial charge < -0.3 is 21.3 Å². The van der Waals surface area contributed by atoms with Crippen LogP contribution in [0.3, 0.4) is 0 Å². The fourth-order valence-corrected chi connectivity index (χ4v) is 4.72. The van der Waals surface area contributed by atoms with Gasteiger partial charge in [0.1, 0.15) is 0 Å². The first-order valence-corrected chi connectivity index (χ1v) is 10.8. The van der Waals surface area contributed by atoms with Crippen molar-refractivity contribution in [2.75, 3.05) is 39.3 Å². The highest BCUT2D eigenvalue weighted by Gasteiger charge is 2.33. The second kappa shape index (κ2) is 9.69. The predicted molar refractivity (Wildman–Crippen MR) is 106 cm³/mol. The SMILES string of the molecule is CC(C(=O)N1CCCC(C(N)=O)C1)N1CCCC(CNC(=O)C2CCCN2)C1. The molecule has 8 heteroatoms. The number of nitrogens with two attached hydrogens (primary N) is 1. The zero-order valence-electron chi connectivity index (χ0n) is 17.0. The van der Waals surface area contributed by atoms with Crippen LogP contribution in [0, 0.1) is 11.8 Å². The Hall–Kier alpha value is -1.67. The average molecular weight is 394 g/mol. The van der Waals surface area contributed by atoms with Crippen molar-refractivity contribution in [3.05, 3.63) is 0 Å². The number of primary amides is 1. The summed E-state index contributed by atoms with van der Waals surface area (Å²) in [6.45, 7) is 6.41. The number of piperidine rings is 2. The molecule has 158 valence electrons. The van der Waals surface area contributed by atoms with E-state index < -0.39 is 0 Å². The minimum absolute atomic E-state index is 0.0440. The molecule has 8 nitrogen and oxygen atoms in total. The smallest absolute Gasteiger partial charge is 0.239 e. The topological polar surface area (TPSA) is 108 Å². The number of carbonyl (C=O) groups is 3. The lowest BCUT2D eigenvalue weighted by Gasteiger charge is -2.39. The molecule has 3 heterocycles. The van der Waals surface area contributed by atoms with Gasteiger partial charge in [0.05, 0.1) is 18.0 Å². The molecule has 3 saturated heterocycles. The van der Waals surface area contributed by atoms with Crippen LogP contribution in [0.1, 0.15) is 45.4 Å². The molecular weight excluding hydrogens is 358 g/mol. The summed E-state index contributed by atoms with van der Waals surface area (Å²) in [6.07, 6.45) is 5.68. The van der Waals surface area contributed by atoms with Gasteiger partial charge in [0.15, 0.2) is 0 Å². The van der Waals surface area contributed by atoms with E-state index in [1.54, 1.807) is 4.90 Å². The molecule has 3 rings (SSSR count). The largest absolute Gasteiger partial charge is 0.369 e. The maximum absolute atomic E-state index is 13.0. The lowest BCUT2D eigenvalue weighted by molar-refractivity contribution is -0.140. The fourth-order valence-electron chi connectivity index (χ4n) is 4.72. The van der Waals surface area contributed by atoms with E-state index in [4.69, 9.17) is 5.73 Å². The summed E-state index contributed by atoms with van der Waals surface area (Å²) in [5.41, 5.74) is 5.44. The molecule has 0 aromatic heterocycles. The maximum Gasteiger partial charge on any atom is 0.239 e. The Balaban J connectivity index is 1.47. The summed E-state index contributed by atoms with van der Waals surface area (Å²) in [6, 6.07) is -0.251. The molecule has 3 aliphatic heterocycles. The van der Waals surface area contributed by atoms with Gasteiger partial charge in [-0.25, -0.2) is 0 Å². The van der Waals surface area contributed by atoms with Crippen molar-refractivity contribution in [3.8, 4) is 0 Å². The van der Waals surface area contributed by atoms with Gasteiger partial charge in [-0.3, -0.25) is 19.3 Å². The van der Waals surface area contributed by atoms with Crippen LogP contribution in [0.5, 0.6) is 0 Å². The molecule has 0 aliphatic carbocycles. The minimum Gasteiger partial charge on any atom is -0.369 e. The molecule has 0 spiro atoms. The van der Waals surface area contributed by atoms with Gasteiger partial charge in [-0.1, -0.05) is 0 Å². The van der Waals surface area contributed by atoms with Crippen molar-refractivity contribution < 1.29 is 14.4 Å². The Morgan fingerprint density at radius 1 is 1.11 bits per heavy atom. The average Bonchev–Trinajstić information content (AvgIpc) is 3.26. The van der Waals surface area contributed by atoms with Crippen LogP contribution in [0.2, 0.25) is 0 Å². The molecule has 3 fully saturated rings. The van der Waals surface area contributed by atoms with Crippen LogP contribution in [-0.4, -0.2) is 78.9 Å². The zero-order valence-corrected chi connectivity index (χ0v) is 17.0. The standard InChI is InChI=1S/C20H35N5O3/c1-14(20(28)25-10-4-6-16(13-25)18(21)26)24-9-3-5-15(12-24)11-23-19(27)17-7-2-8-22-17/h14-17,22H,2-13H2,1H3,(H2,21,26)(H,23,27). The first-order chi connectivity index (χ1) is 13.5. The second-order valence-electron chi connectivity index (χ2n) is 8.60. The molecule has 4 N–H and O–H groups in total. The highest BCUT2D eigenvalue weighted by molar-refractivity contribution is 5.83. The van der Waals surface area contributed by atoms with Gasteiger partial charge in [0.2, 0.25) is 17.7 Å². The van der Waals surface area contributed by atoms with Crippen LogP contribution in [0.15, 0.2) is 0 Å². The zero-order chi connectivity index (χ0) is 20.1. The van der Waals surface area contributed by atoms with E-state index in [0.717, 1.165) is 58.2 Å². The van der Waals surface area contributed by atoms with E-state index in [2.05, 4.69) is 15.5 Å². The first kappa shape index (κ1) is 21.0.